The predicted octanol–water partition coefficient (Wildman–Crippen LogP) is 2.78. The van der Waals surface area contributed by atoms with Crippen molar-refractivity contribution in [1.29, 1.82) is 0 Å². The van der Waals surface area contributed by atoms with Gasteiger partial charge in [-0.15, -0.1) is 0 Å². The van der Waals surface area contributed by atoms with Gasteiger partial charge in [0.2, 0.25) is 5.76 Å². The predicted molar refractivity (Wildman–Crippen MR) is 60.8 cm³/mol. The third kappa shape index (κ3) is 1.51. The monoisotopic (exact) mass is 238 g/mol. The van der Waals surface area contributed by atoms with Crippen molar-refractivity contribution in [3.63, 3.8) is 0 Å². The van der Waals surface area contributed by atoms with E-state index in [9.17, 15) is 15.2 Å². The number of hydrogen-bond acceptors (Lipinski definition) is 4. The Morgan fingerprint density at radius 3 is 2.81 bits per heavy atom. The molecule has 1 aliphatic rings. The fourth-order valence-electron chi connectivity index (χ4n) is 1.51. The lowest BCUT2D eigenvalue weighted by Crippen LogP contribution is -2.16. The van der Waals surface area contributed by atoms with Crippen molar-refractivity contribution in [2.24, 2.45) is 0 Å². The quantitative estimate of drug-likeness (QED) is 0.583. The fraction of sp³-hybridized carbons (Fsp3) is 0. The molecule has 0 fully saturated rings. The smallest absolute Gasteiger partial charge is 0.333 e. The summed E-state index contributed by atoms with van der Waals surface area (Å²) in [6.45, 7) is 3.48. The zero-order chi connectivity index (χ0) is 11.9. The number of fused-ring (bicyclic) bond motifs is 1. The number of anilines is 1. The van der Waals surface area contributed by atoms with Crippen molar-refractivity contribution in [1.82, 2.24) is 0 Å². The second-order valence-corrected chi connectivity index (χ2v) is 3.68. The maximum Gasteiger partial charge on any atom is 0.333 e. The number of nitro groups is 1. The number of nitrogens with one attached hydrogen (secondary N) is 1. The number of aliphatic hydroxyl groups excluding tert-OH is 1. The van der Waals surface area contributed by atoms with Gasteiger partial charge in [0.1, 0.15) is 5.70 Å². The molecule has 0 saturated carbocycles. The Hall–Kier alpha value is -2.01. The molecule has 0 atom stereocenters. The molecular formula is C10H7ClN2O3. The highest BCUT2D eigenvalue weighted by molar-refractivity contribution is 6.30. The molecule has 0 aliphatic carbocycles. The highest BCUT2D eigenvalue weighted by Gasteiger charge is 2.30. The first-order chi connectivity index (χ1) is 7.50. The highest BCUT2D eigenvalue weighted by atomic mass is 35.5. The molecule has 0 aromatic heterocycles. The molecule has 16 heavy (non-hydrogen) atoms. The molecule has 0 amide bonds. The summed E-state index contributed by atoms with van der Waals surface area (Å²) in [7, 11) is 0. The van der Waals surface area contributed by atoms with E-state index in [0.717, 1.165) is 0 Å². The summed E-state index contributed by atoms with van der Waals surface area (Å²) in [6.07, 6.45) is 0. The first kappa shape index (κ1) is 10.5. The van der Waals surface area contributed by atoms with E-state index in [1.807, 2.05) is 0 Å². The second-order valence-electron chi connectivity index (χ2n) is 3.25. The standard InChI is InChI=1S/C10H7ClN2O3/c1-5-9(13(15)16)10(14)7-4-6(11)2-3-8(7)12-5/h2-4,12,14H,1H2. The average Bonchev–Trinajstić information content (AvgIpc) is 2.19. The van der Waals surface area contributed by atoms with Gasteiger partial charge < -0.3 is 10.4 Å². The van der Waals surface area contributed by atoms with Crippen LogP contribution in [0.25, 0.3) is 5.76 Å². The van der Waals surface area contributed by atoms with Crippen LogP contribution in [0.15, 0.2) is 36.2 Å². The molecule has 1 aromatic carbocycles. The van der Waals surface area contributed by atoms with E-state index in [1.165, 1.54) is 6.07 Å². The number of benzene rings is 1. The van der Waals surface area contributed by atoms with Gasteiger partial charge in [0.05, 0.1) is 10.6 Å². The number of nitrogens with zero attached hydrogens (tertiary/aromatic N) is 1. The Morgan fingerprint density at radius 2 is 2.19 bits per heavy atom. The van der Waals surface area contributed by atoms with E-state index in [4.69, 9.17) is 11.6 Å². The summed E-state index contributed by atoms with van der Waals surface area (Å²) >= 11 is 5.75. The summed E-state index contributed by atoms with van der Waals surface area (Å²) in [5.41, 5.74) is 0.455. The van der Waals surface area contributed by atoms with E-state index in [-0.39, 0.29) is 5.70 Å². The first-order valence-corrected chi connectivity index (χ1v) is 4.72. The zero-order valence-corrected chi connectivity index (χ0v) is 8.78. The highest BCUT2D eigenvalue weighted by Crippen LogP contribution is 2.35. The van der Waals surface area contributed by atoms with Gasteiger partial charge in [-0.25, -0.2) is 0 Å². The minimum absolute atomic E-state index is 0.0531. The Bertz CT molecular complexity index is 537. The van der Waals surface area contributed by atoms with Crippen molar-refractivity contribution in [2.75, 3.05) is 5.32 Å². The lowest BCUT2D eigenvalue weighted by Gasteiger charge is -2.18. The van der Waals surface area contributed by atoms with Crippen LogP contribution in [-0.2, 0) is 0 Å². The van der Waals surface area contributed by atoms with Gasteiger partial charge in [0.15, 0.2) is 0 Å². The van der Waals surface area contributed by atoms with Gasteiger partial charge in [0.25, 0.3) is 0 Å². The molecule has 0 spiro atoms. The maximum absolute atomic E-state index is 10.7. The molecule has 0 saturated heterocycles. The Labute approximate surface area is 95.8 Å². The topological polar surface area (TPSA) is 75.4 Å². The molecule has 1 heterocycles. The van der Waals surface area contributed by atoms with Crippen molar-refractivity contribution < 1.29 is 10.0 Å². The van der Waals surface area contributed by atoms with Crippen LogP contribution >= 0.6 is 11.6 Å². The van der Waals surface area contributed by atoms with E-state index >= 15 is 0 Å². The summed E-state index contributed by atoms with van der Waals surface area (Å²) < 4.78 is 0. The molecule has 1 aliphatic heterocycles. The van der Waals surface area contributed by atoms with Crippen molar-refractivity contribution in [2.45, 2.75) is 0 Å². The first-order valence-electron chi connectivity index (χ1n) is 4.34. The average molecular weight is 239 g/mol. The Balaban J connectivity index is 2.69. The second kappa shape index (κ2) is 3.53. The van der Waals surface area contributed by atoms with Crippen LogP contribution in [0.4, 0.5) is 5.69 Å². The van der Waals surface area contributed by atoms with Crippen molar-refractivity contribution in [3.8, 4) is 0 Å². The van der Waals surface area contributed by atoms with Gasteiger partial charge in [-0.2, -0.15) is 0 Å². The molecule has 0 radical (unpaired) electrons. The van der Waals surface area contributed by atoms with Crippen molar-refractivity contribution in [3.05, 3.63) is 56.9 Å². The number of aliphatic hydroxyl groups is 1. The molecule has 1 aromatic rings. The summed E-state index contributed by atoms with van der Waals surface area (Å²) in [5, 5.41) is 23.6. The van der Waals surface area contributed by atoms with Crippen LogP contribution in [0.1, 0.15) is 5.56 Å². The van der Waals surface area contributed by atoms with Crippen molar-refractivity contribution >= 4 is 23.0 Å². The summed E-state index contributed by atoms with van der Waals surface area (Å²) in [6, 6.07) is 4.69. The maximum atomic E-state index is 10.7. The third-order valence-electron chi connectivity index (χ3n) is 2.22. The molecule has 2 rings (SSSR count). The molecule has 0 unspecified atom stereocenters. The van der Waals surface area contributed by atoms with E-state index < -0.39 is 16.4 Å². The number of rotatable bonds is 1. The minimum atomic E-state index is -0.686. The van der Waals surface area contributed by atoms with Gasteiger partial charge in [-0.3, -0.25) is 10.1 Å². The lowest BCUT2D eigenvalue weighted by molar-refractivity contribution is -0.420. The van der Waals surface area contributed by atoms with Crippen LogP contribution in [0.3, 0.4) is 0 Å². The molecule has 2 N–H and O–H groups in total. The van der Waals surface area contributed by atoms with Gasteiger partial charge >= 0.3 is 5.70 Å². The fourth-order valence-corrected chi connectivity index (χ4v) is 1.68. The van der Waals surface area contributed by atoms with Crippen LogP contribution in [-0.4, -0.2) is 10.0 Å². The zero-order valence-electron chi connectivity index (χ0n) is 8.03. The SMILES string of the molecule is C=C1Nc2ccc(Cl)cc2C(O)=C1[N+](=O)[O-]. The summed E-state index contributed by atoms with van der Waals surface area (Å²) in [4.78, 5) is 10.0. The molecule has 5 nitrogen and oxygen atoms in total. The van der Waals surface area contributed by atoms with Gasteiger partial charge in [-0.1, -0.05) is 18.2 Å². The molecular weight excluding hydrogens is 232 g/mol. The lowest BCUT2D eigenvalue weighted by atomic mass is 10.0. The van der Waals surface area contributed by atoms with Crippen LogP contribution < -0.4 is 5.32 Å². The Kier molecular flexibility index (Phi) is 2.32. The number of hydrogen-bond donors (Lipinski definition) is 2. The molecule has 82 valence electrons. The van der Waals surface area contributed by atoms with Crippen LogP contribution in [0, 0.1) is 10.1 Å². The Morgan fingerprint density at radius 1 is 1.50 bits per heavy atom. The van der Waals surface area contributed by atoms with E-state index in [1.54, 1.807) is 12.1 Å². The largest absolute Gasteiger partial charge is 0.502 e. The summed E-state index contributed by atoms with van der Waals surface area (Å²) in [5.74, 6) is -0.425. The number of halogens is 1. The van der Waals surface area contributed by atoms with Crippen LogP contribution in [0.5, 0.6) is 0 Å². The van der Waals surface area contributed by atoms with E-state index in [2.05, 4.69) is 11.9 Å². The molecule has 6 heteroatoms. The minimum Gasteiger partial charge on any atom is -0.502 e. The molecule has 0 bridgehead atoms. The van der Waals surface area contributed by atoms with E-state index in [0.29, 0.717) is 16.3 Å². The third-order valence-corrected chi connectivity index (χ3v) is 2.45. The normalized spacial score (nSPS) is 14.4. The van der Waals surface area contributed by atoms with Gasteiger partial charge in [0, 0.05) is 10.6 Å². The van der Waals surface area contributed by atoms with Gasteiger partial charge in [-0.05, 0) is 18.2 Å². The van der Waals surface area contributed by atoms with Crippen LogP contribution in [0.2, 0.25) is 5.02 Å².